The van der Waals surface area contributed by atoms with Crippen molar-refractivity contribution in [1.29, 1.82) is 0 Å². The molecule has 1 saturated heterocycles. The smallest absolute Gasteiger partial charge is 0.309 e. The molecule has 0 bridgehead atoms. The van der Waals surface area contributed by atoms with Crippen LogP contribution in [0.5, 0.6) is 0 Å². The van der Waals surface area contributed by atoms with Gasteiger partial charge in [-0.3, -0.25) is 14.5 Å². The highest BCUT2D eigenvalue weighted by molar-refractivity contribution is 5.93. The Bertz CT molecular complexity index is 2100. The minimum Gasteiger partial charge on any atom is -0.481 e. The number of rotatable bonds is 9. The van der Waals surface area contributed by atoms with Crippen LogP contribution in [0.4, 0.5) is 14.5 Å². The zero-order valence-electron chi connectivity index (χ0n) is 30.0. The van der Waals surface area contributed by atoms with Crippen LogP contribution in [0.2, 0.25) is 0 Å². The average Bonchev–Trinajstić information content (AvgIpc) is 3.78. The predicted octanol–water partition coefficient (Wildman–Crippen LogP) is 6.83. The second-order valence-corrected chi connectivity index (χ2v) is 13.9. The Morgan fingerprint density at radius 3 is 2.43 bits per heavy atom. The maximum atomic E-state index is 13.9. The van der Waals surface area contributed by atoms with Gasteiger partial charge in [0.25, 0.3) is 5.91 Å². The molecule has 1 fully saturated rings. The lowest BCUT2D eigenvalue weighted by molar-refractivity contribution is -0.145. The number of halogens is 2. The Kier molecular flexibility index (Phi) is 11.4. The van der Waals surface area contributed by atoms with Gasteiger partial charge >= 0.3 is 5.97 Å². The van der Waals surface area contributed by atoms with Gasteiger partial charge in [0, 0.05) is 49.4 Å². The maximum Gasteiger partial charge on any atom is 0.309 e. The number of amides is 1. The first-order valence-electron chi connectivity index (χ1n) is 17.8. The summed E-state index contributed by atoms with van der Waals surface area (Å²) in [7, 11) is 0. The van der Waals surface area contributed by atoms with Crippen LogP contribution in [0.3, 0.4) is 0 Å². The molecule has 1 aromatic heterocycles. The molecule has 4 atom stereocenters. The van der Waals surface area contributed by atoms with Crippen molar-refractivity contribution in [2.24, 2.45) is 5.92 Å². The summed E-state index contributed by atoms with van der Waals surface area (Å²) in [6, 6.07) is 24.9. The number of carbonyl (C=O) groups is 2. The standard InChI is InChI=1S/C22H21N.C20H23F2N3O5/c1-15-13-20-19-10-6-5-9-17(19)14-21(20)22(23)18(15)12-11-16-7-3-2-4-8-16;1-10(11(2)26)25-6-5-16(14(9-25)20(28)29)23-19(27)17-8-18(30-24-17)13-4-3-12(21)7-15(13)22/h2-10,13H,11-12,14,23H2,1H3;3-4,7-8,10-11,14,16,26H,5-6,9H2,1-2H3,(H,23,27)(H,28,29)/t;10-,11-,14+,16+/m.0/s1. The summed E-state index contributed by atoms with van der Waals surface area (Å²) < 4.78 is 32.0. The summed E-state index contributed by atoms with van der Waals surface area (Å²) in [5.41, 5.74) is 16.8. The number of carbonyl (C=O) groups excluding carboxylic acids is 1. The molecule has 5 N–H and O–H groups in total. The number of benzene rings is 4. The quantitative estimate of drug-likeness (QED) is 0.119. The molecule has 9 nitrogen and oxygen atoms in total. The van der Waals surface area contributed by atoms with Crippen molar-refractivity contribution in [3.63, 3.8) is 0 Å². The fourth-order valence-electron chi connectivity index (χ4n) is 7.25. The Morgan fingerprint density at radius 1 is 0.981 bits per heavy atom. The number of aliphatic hydroxyl groups excluding tert-OH is 1. The molecular weight excluding hydrogens is 678 g/mol. The number of piperidine rings is 1. The van der Waals surface area contributed by atoms with E-state index in [0.29, 0.717) is 19.0 Å². The SMILES string of the molecule is C[C@H](O)[C@H](C)N1CC[C@@H](NC(=O)c2cc(-c3ccc(F)cc3F)on2)[C@H](C(=O)O)C1.Cc1cc2c(c(N)c1CCc1ccccc1)Cc1ccccc1-2. The van der Waals surface area contributed by atoms with Crippen LogP contribution in [0.25, 0.3) is 22.5 Å². The molecule has 1 aliphatic heterocycles. The molecule has 0 radical (unpaired) electrons. The normalized spacial score (nSPS) is 17.5. The van der Waals surface area contributed by atoms with Gasteiger partial charge in [0.2, 0.25) is 0 Å². The number of aromatic nitrogens is 1. The first-order valence-corrected chi connectivity index (χ1v) is 17.8. The van der Waals surface area contributed by atoms with Gasteiger partial charge < -0.3 is 25.8 Å². The molecule has 1 aliphatic carbocycles. The Labute approximate surface area is 307 Å². The number of hydrogen-bond acceptors (Lipinski definition) is 7. The van der Waals surface area contributed by atoms with Crippen LogP contribution >= 0.6 is 0 Å². The van der Waals surface area contributed by atoms with E-state index in [2.05, 4.69) is 78.1 Å². The number of anilines is 1. The van der Waals surface area contributed by atoms with Crippen LogP contribution < -0.4 is 11.1 Å². The number of hydrogen-bond donors (Lipinski definition) is 4. The van der Waals surface area contributed by atoms with Crippen molar-refractivity contribution in [2.45, 2.75) is 64.6 Å². The zero-order chi connectivity index (χ0) is 37.8. The van der Waals surface area contributed by atoms with Gasteiger partial charge in [-0.25, -0.2) is 8.78 Å². The molecule has 53 heavy (non-hydrogen) atoms. The topological polar surface area (TPSA) is 142 Å². The number of nitrogens with one attached hydrogen (secondary N) is 1. The first kappa shape index (κ1) is 37.4. The fourth-order valence-corrected chi connectivity index (χ4v) is 7.25. The van der Waals surface area contributed by atoms with Gasteiger partial charge in [-0.05, 0) is 91.1 Å². The number of nitrogens with zero attached hydrogens (tertiary/aromatic N) is 2. The van der Waals surface area contributed by atoms with Crippen LogP contribution in [0.15, 0.2) is 89.5 Å². The van der Waals surface area contributed by atoms with Gasteiger partial charge in [-0.2, -0.15) is 0 Å². The summed E-state index contributed by atoms with van der Waals surface area (Å²) in [4.78, 5) is 26.2. The third kappa shape index (κ3) is 8.32. The van der Waals surface area contributed by atoms with E-state index in [1.165, 1.54) is 51.1 Å². The number of fused-ring (bicyclic) bond motifs is 3. The number of aliphatic hydroxyl groups is 1. The number of nitrogens with two attached hydrogens (primary N) is 1. The van der Waals surface area contributed by atoms with Crippen LogP contribution in [0, 0.1) is 24.5 Å². The van der Waals surface area contributed by atoms with Crippen LogP contribution in [-0.4, -0.2) is 63.4 Å². The molecule has 0 unspecified atom stereocenters. The number of aliphatic carboxylic acids is 1. The Balaban J connectivity index is 0.000000187. The van der Waals surface area contributed by atoms with Gasteiger partial charge in [0.15, 0.2) is 11.5 Å². The molecule has 5 aromatic rings. The third-order valence-corrected chi connectivity index (χ3v) is 10.5. The van der Waals surface area contributed by atoms with Crippen molar-refractivity contribution in [3.8, 4) is 22.5 Å². The summed E-state index contributed by atoms with van der Waals surface area (Å²) in [6.07, 6.45) is 2.77. The van der Waals surface area contributed by atoms with E-state index in [1.807, 2.05) is 11.8 Å². The fraction of sp³-hybridized carbons (Fsp3) is 0.310. The summed E-state index contributed by atoms with van der Waals surface area (Å²) >= 11 is 0. The molecule has 11 heteroatoms. The number of carboxylic acids is 1. The Hall–Kier alpha value is -5.39. The molecule has 0 saturated carbocycles. The molecule has 2 heterocycles. The highest BCUT2D eigenvalue weighted by Crippen LogP contribution is 2.42. The zero-order valence-corrected chi connectivity index (χ0v) is 30.0. The third-order valence-electron chi connectivity index (χ3n) is 10.5. The molecule has 0 spiro atoms. The van der Waals surface area contributed by atoms with E-state index in [9.17, 15) is 28.6 Å². The van der Waals surface area contributed by atoms with Gasteiger partial charge in [-0.1, -0.05) is 65.8 Å². The van der Waals surface area contributed by atoms with E-state index in [-0.39, 0.29) is 29.6 Å². The molecule has 7 rings (SSSR count). The average molecular weight is 723 g/mol. The minimum absolute atomic E-state index is 0.0481. The molecule has 4 aromatic carbocycles. The van der Waals surface area contributed by atoms with Crippen molar-refractivity contribution in [2.75, 3.05) is 18.8 Å². The number of aryl methyl sites for hydroxylation is 2. The minimum atomic E-state index is -1.06. The summed E-state index contributed by atoms with van der Waals surface area (Å²) in [5.74, 6) is -4.23. The molecule has 276 valence electrons. The lowest BCUT2D eigenvalue weighted by Crippen LogP contribution is -2.56. The Morgan fingerprint density at radius 2 is 1.72 bits per heavy atom. The second-order valence-electron chi connectivity index (χ2n) is 13.9. The first-order chi connectivity index (χ1) is 25.4. The van der Waals surface area contributed by atoms with Crippen molar-refractivity contribution >= 4 is 17.6 Å². The van der Waals surface area contributed by atoms with Gasteiger partial charge in [0.1, 0.15) is 11.6 Å². The molecule has 2 aliphatic rings. The molecule has 1 amide bonds. The number of nitrogen functional groups attached to an aromatic ring is 1. The monoisotopic (exact) mass is 722 g/mol. The maximum absolute atomic E-state index is 13.9. The van der Waals surface area contributed by atoms with Crippen molar-refractivity contribution in [3.05, 3.63) is 130 Å². The van der Waals surface area contributed by atoms with E-state index in [1.54, 1.807) is 6.92 Å². The van der Waals surface area contributed by atoms with Crippen LogP contribution in [0.1, 0.15) is 58.6 Å². The number of likely N-dealkylation sites (tertiary alicyclic amines) is 1. The lowest BCUT2D eigenvalue weighted by Gasteiger charge is -2.40. The van der Waals surface area contributed by atoms with Gasteiger partial charge in [0.05, 0.1) is 17.6 Å². The van der Waals surface area contributed by atoms with E-state index in [0.717, 1.165) is 31.0 Å². The molecular formula is C42H44F2N4O5. The lowest BCUT2D eigenvalue weighted by atomic mass is 9.90. The van der Waals surface area contributed by atoms with E-state index in [4.69, 9.17) is 10.3 Å². The van der Waals surface area contributed by atoms with Crippen molar-refractivity contribution < 1.29 is 33.1 Å². The summed E-state index contributed by atoms with van der Waals surface area (Å²) in [5, 5.41) is 25.6. The second kappa shape index (κ2) is 16.1. The van der Waals surface area contributed by atoms with Gasteiger partial charge in [-0.15, -0.1) is 0 Å². The largest absolute Gasteiger partial charge is 0.481 e. The van der Waals surface area contributed by atoms with E-state index < -0.39 is 41.6 Å². The van der Waals surface area contributed by atoms with Crippen molar-refractivity contribution in [1.82, 2.24) is 15.4 Å². The predicted molar refractivity (Wildman–Crippen MR) is 199 cm³/mol. The summed E-state index contributed by atoms with van der Waals surface area (Å²) in [6.45, 7) is 6.33. The van der Waals surface area contributed by atoms with E-state index >= 15 is 0 Å². The van der Waals surface area contributed by atoms with Crippen LogP contribution in [-0.2, 0) is 24.1 Å². The highest BCUT2D eigenvalue weighted by atomic mass is 19.1. The number of carboxylic acid groups (broad SMARTS) is 1. The highest BCUT2D eigenvalue weighted by Gasteiger charge is 2.38.